The van der Waals surface area contributed by atoms with E-state index in [4.69, 9.17) is 4.74 Å². The first-order valence-electron chi connectivity index (χ1n) is 6.61. The molecule has 0 unspecified atom stereocenters. The van der Waals surface area contributed by atoms with Gasteiger partial charge in [0.05, 0.1) is 0 Å². The summed E-state index contributed by atoms with van der Waals surface area (Å²) >= 11 is 0. The van der Waals surface area contributed by atoms with Gasteiger partial charge in [-0.05, 0) is 38.0 Å². The molecule has 1 N–H and O–H groups in total. The van der Waals surface area contributed by atoms with Gasteiger partial charge < -0.3 is 15.0 Å². The molecule has 1 aliphatic heterocycles. The molecule has 0 aromatic heterocycles. The molecule has 5 nitrogen and oxygen atoms in total. The molecule has 1 aromatic carbocycles. The van der Waals surface area contributed by atoms with E-state index in [0.717, 1.165) is 11.1 Å². The molecule has 0 saturated heterocycles. The average Bonchev–Trinajstić information content (AvgIpc) is 2.70. The molecule has 0 saturated carbocycles. The van der Waals surface area contributed by atoms with Gasteiger partial charge in [0, 0.05) is 25.7 Å². The smallest absolute Gasteiger partial charge is 0.410 e. The maximum absolute atomic E-state index is 11.9. The van der Waals surface area contributed by atoms with E-state index in [9.17, 15) is 9.59 Å². The summed E-state index contributed by atoms with van der Waals surface area (Å²) in [6.07, 6.45) is -0.368. The SMILES string of the molecule is CN(Cc1cccc2c1CNC2=O)C(=O)OC(C)(C)C. The topological polar surface area (TPSA) is 58.6 Å². The molecule has 2 rings (SSSR count). The summed E-state index contributed by atoms with van der Waals surface area (Å²) in [5.74, 6) is -0.0539. The van der Waals surface area contributed by atoms with Crippen LogP contribution in [0, 0.1) is 0 Å². The Balaban J connectivity index is 2.11. The fraction of sp³-hybridized carbons (Fsp3) is 0.467. The van der Waals surface area contributed by atoms with E-state index in [1.807, 2.05) is 32.9 Å². The van der Waals surface area contributed by atoms with Crippen molar-refractivity contribution in [3.8, 4) is 0 Å². The van der Waals surface area contributed by atoms with Gasteiger partial charge in [0.1, 0.15) is 5.60 Å². The fourth-order valence-electron chi connectivity index (χ4n) is 2.13. The number of carbonyl (C=O) groups excluding carboxylic acids is 2. The van der Waals surface area contributed by atoms with E-state index in [1.54, 1.807) is 13.1 Å². The maximum Gasteiger partial charge on any atom is 0.410 e. The highest BCUT2D eigenvalue weighted by molar-refractivity contribution is 5.98. The third kappa shape index (κ3) is 3.10. The van der Waals surface area contributed by atoms with Crippen molar-refractivity contribution in [2.24, 2.45) is 0 Å². The molecule has 108 valence electrons. The number of carbonyl (C=O) groups is 2. The highest BCUT2D eigenvalue weighted by atomic mass is 16.6. The minimum atomic E-state index is -0.512. The van der Waals surface area contributed by atoms with Gasteiger partial charge in [0.15, 0.2) is 0 Å². The van der Waals surface area contributed by atoms with Gasteiger partial charge >= 0.3 is 6.09 Å². The molecule has 1 aromatic rings. The van der Waals surface area contributed by atoms with E-state index in [-0.39, 0.29) is 12.0 Å². The lowest BCUT2D eigenvalue weighted by Gasteiger charge is -2.25. The molecule has 2 amide bonds. The van der Waals surface area contributed by atoms with E-state index >= 15 is 0 Å². The number of amides is 2. The first-order chi connectivity index (χ1) is 9.28. The Morgan fingerprint density at radius 3 is 2.75 bits per heavy atom. The maximum atomic E-state index is 11.9. The number of rotatable bonds is 2. The summed E-state index contributed by atoms with van der Waals surface area (Å²) < 4.78 is 5.32. The second kappa shape index (κ2) is 5.15. The molecule has 1 aliphatic rings. The summed E-state index contributed by atoms with van der Waals surface area (Å²) in [5.41, 5.74) is 2.11. The van der Waals surface area contributed by atoms with Crippen LogP contribution < -0.4 is 5.32 Å². The summed E-state index contributed by atoms with van der Waals surface area (Å²) in [6.45, 7) is 6.45. The summed E-state index contributed by atoms with van der Waals surface area (Å²) in [4.78, 5) is 25.1. The molecular weight excluding hydrogens is 256 g/mol. The van der Waals surface area contributed by atoms with Gasteiger partial charge in [-0.25, -0.2) is 4.79 Å². The lowest BCUT2D eigenvalue weighted by Crippen LogP contribution is -2.34. The third-order valence-corrected chi connectivity index (χ3v) is 3.06. The third-order valence-electron chi connectivity index (χ3n) is 3.06. The summed E-state index contributed by atoms with van der Waals surface area (Å²) in [7, 11) is 1.69. The monoisotopic (exact) mass is 276 g/mol. The number of hydrogen-bond donors (Lipinski definition) is 1. The van der Waals surface area contributed by atoms with Crippen LogP contribution in [-0.4, -0.2) is 29.5 Å². The first-order valence-corrected chi connectivity index (χ1v) is 6.61. The van der Waals surface area contributed by atoms with Gasteiger partial charge in [-0.1, -0.05) is 12.1 Å². The standard InChI is InChI=1S/C15H20N2O3/c1-15(2,3)20-14(19)17(4)9-10-6-5-7-11-12(10)8-16-13(11)18/h5-7H,8-9H2,1-4H3,(H,16,18). The largest absolute Gasteiger partial charge is 0.444 e. The Morgan fingerprint density at radius 1 is 1.40 bits per heavy atom. The van der Waals surface area contributed by atoms with Crippen LogP contribution >= 0.6 is 0 Å². The van der Waals surface area contributed by atoms with Gasteiger partial charge in [-0.3, -0.25) is 4.79 Å². The highest BCUT2D eigenvalue weighted by Crippen LogP contribution is 2.21. The lowest BCUT2D eigenvalue weighted by molar-refractivity contribution is 0.0284. The first kappa shape index (κ1) is 14.4. The highest BCUT2D eigenvalue weighted by Gasteiger charge is 2.24. The van der Waals surface area contributed by atoms with Crippen LogP contribution in [0.3, 0.4) is 0 Å². The van der Waals surface area contributed by atoms with E-state index in [0.29, 0.717) is 18.7 Å². The van der Waals surface area contributed by atoms with Crippen molar-refractivity contribution in [3.63, 3.8) is 0 Å². The zero-order valence-corrected chi connectivity index (χ0v) is 12.3. The van der Waals surface area contributed by atoms with Crippen molar-refractivity contribution in [2.45, 2.75) is 39.5 Å². The molecular formula is C15H20N2O3. The van der Waals surface area contributed by atoms with Gasteiger partial charge in [0.2, 0.25) is 0 Å². The van der Waals surface area contributed by atoms with Crippen molar-refractivity contribution < 1.29 is 14.3 Å². The number of ether oxygens (including phenoxy) is 1. The predicted molar refractivity (Wildman–Crippen MR) is 75.3 cm³/mol. The van der Waals surface area contributed by atoms with Crippen molar-refractivity contribution in [3.05, 3.63) is 34.9 Å². The van der Waals surface area contributed by atoms with Gasteiger partial charge in [-0.2, -0.15) is 0 Å². The molecule has 0 aliphatic carbocycles. The van der Waals surface area contributed by atoms with Crippen molar-refractivity contribution in [2.75, 3.05) is 7.05 Å². The van der Waals surface area contributed by atoms with Crippen LogP contribution in [0.5, 0.6) is 0 Å². The van der Waals surface area contributed by atoms with Crippen LogP contribution in [-0.2, 0) is 17.8 Å². The average molecular weight is 276 g/mol. The van der Waals surface area contributed by atoms with Crippen molar-refractivity contribution in [1.82, 2.24) is 10.2 Å². The number of benzene rings is 1. The van der Waals surface area contributed by atoms with Crippen molar-refractivity contribution in [1.29, 1.82) is 0 Å². The fourth-order valence-corrected chi connectivity index (χ4v) is 2.13. The van der Waals surface area contributed by atoms with E-state index in [1.165, 1.54) is 4.90 Å². The molecule has 0 bridgehead atoms. The Bertz CT molecular complexity index is 547. The Hall–Kier alpha value is -2.04. The molecule has 0 fully saturated rings. The molecule has 0 radical (unpaired) electrons. The normalized spacial score (nSPS) is 13.7. The molecule has 1 heterocycles. The Morgan fingerprint density at radius 2 is 2.10 bits per heavy atom. The molecule has 0 spiro atoms. The zero-order chi connectivity index (χ0) is 14.9. The number of hydrogen-bond acceptors (Lipinski definition) is 3. The Kier molecular flexibility index (Phi) is 3.70. The van der Waals surface area contributed by atoms with Crippen LogP contribution in [0.15, 0.2) is 18.2 Å². The Labute approximate surface area is 118 Å². The molecule has 20 heavy (non-hydrogen) atoms. The van der Waals surface area contributed by atoms with Gasteiger partial charge in [-0.15, -0.1) is 0 Å². The molecule has 5 heteroatoms. The van der Waals surface area contributed by atoms with E-state index < -0.39 is 5.60 Å². The predicted octanol–water partition coefficient (Wildman–Crippen LogP) is 2.30. The minimum absolute atomic E-state index is 0.0539. The summed E-state index contributed by atoms with van der Waals surface area (Å²) in [5, 5.41) is 2.79. The van der Waals surface area contributed by atoms with Gasteiger partial charge in [0.25, 0.3) is 5.91 Å². The quantitative estimate of drug-likeness (QED) is 0.901. The number of fused-ring (bicyclic) bond motifs is 1. The van der Waals surface area contributed by atoms with Crippen LogP contribution in [0.4, 0.5) is 4.79 Å². The second-order valence-corrected chi connectivity index (χ2v) is 5.96. The zero-order valence-electron chi connectivity index (χ0n) is 12.3. The molecule has 0 atom stereocenters. The van der Waals surface area contributed by atoms with Crippen LogP contribution in [0.1, 0.15) is 42.3 Å². The van der Waals surface area contributed by atoms with Crippen LogP contribution in [0.2, 0.25) is 0 Å². The number of nitrogens with zero attached hydrogens (tertiary/aromatic N) is 1. The lowest BCUT2D eigenvalue weighted by atomic mass is 10.0. The van der Waals surface area contributed by atoms with Crippen LogP contribution in [0.25, 0.3) is 0 Å². The second-order valence-electron chi connectivity index (χ2n) is 5.96. The van der Waals surface area contributed by atoms with E-state index in [2.05, 4.69) is 5.32 Å². The van der Waals surface area contributed by atoms with Crippen molar-refractivity contribution >= 4 is 12.0 Å². The summed E-state index contributed by atoms with van der Waals surface area (Å²) in [6, 6.07) is 5.57. The minimum Gasteiger partial charge on any atom is -0.444 e. The number of nitrogens with one attached hydrogen (secondary N) is 1.